The Bertz CT molecular complexity index is 513. The van der Waals surface area contributed by atoms with Crippen LogP contribution < -0.4 is 5.32 Å². The van der Waals surface area contributed by atoms with Crippen LogP contribution in [0.3, 0.4) is 0 Å². The van der Waals surface area contributed by atoms with Gasteiger partial charge in [0.25, 0.3) is 0 Å². The molecule has 1 aromatic rings. The molecule has 1 aromatic carbocycles. The summed E-state index contributed by atoms with van der Waals surface area (Å²) >= 11 is 0. The van der Waals surface area contributed by atoms with Crippen molar-refractivity contribution >= 4 is 11.9 Å². The van der Waals surface area contributed by atoms with Gasteiger partial charge in [-0.3, -0.25) is 14.5 Å². The van der Waals surface area contributed by atoms with Gasteiger partial charge in [0.05, 0.1) is 12.5 Å². The number of nitrogens with zero attached hydrogens (tertiary/aromatic N) is 1. The number of nitrogens with one attached hydrogen (secondary N) is 1. The second-order valence-corrected chi connectivity index (χ2v) is 5.71. The summed E-state index contributed by atoms with van der Waals surface area (Å²) in [7, 11) is 0. The maximum atomic E-state index is 12.0. The number of carbonyl (C=O) groups is 2. The molecule has 1 fully saturated rings. The van der Waals surface area contributed by atoms with Gasteiger partial charge in [-0.2, -0.15) is 0 Å². The Morgan fingerprint density at radius 1 is 1.33 bits per heavy atom. The topological polar surface area (TPSA) is 69.6 Å². The van der Waals surface area contributed by atoms with Crippen molar-refractivity contribution in [2.24, 2.45) is 5.92 Å². The van der Waals surface area contributed by atoms with Crippen LogP contribution in [0.1, 0.15) is 24.5 Å². The zero-order chi connectivity index (χ0) is 15.4. The van der Waals surface area contributed by atoms with E-state index in [9.17, 15) is 9.59 Å². The highest BCUT2D eigenvalue weighted by atomic mass is 16.4. The molecule has 1 amide bonds. The van der Waals surface area contributed by atoms with Gasteiger partial charge >= 0.3 is 5.97 Å². The summed E-state index contributed by atoms with van der Waals surface area (Å²) in [6, 6.07) is 7.93. The molecule has 1 aliphatic rings. The van der Waals surface area contributed by atoms with Crippen molar-refractivity contribution in [3.05, 3.63) is 35.4 Å². The fraction of sp³-hybridized carbons (Fsp3) is 0.500. The summed E-state index contributed by atoms with van der Waals surface area (Å²) in [5.41, 5.74) is 2.25. The molecule has 5 heteroatoms. The first kappa shape index (κ1) is 15.5. The molecule has 1 heterocycles. The summed E-state index contributed by atoms with van der Waals surface area (Å²) in [6.07, 6.45) is 0.613. The average Bonchev–Trinajstić information content (AvgIpc) is 2.80. The number of carbonyl (C=O) groups excluding carboxylic acids is 1. The third-order valence-corrected chi connectivity index (χ3v) is 4.16. The Hall–Kier alpha value is -1.88. The molecule has 0 aliphatic carbocycles. The van der Waals surface area contributed by atoms with Crippen LogP contribution in [0, 0.1) is 12.8 Å². The lowest BCUT2D eigenvalue weighted by molar-refractivity contribution is -0.142. The molecule has 1 aliphatic heterocycles. The molecule has 2 unspecified atom stereocenters. The molecule has 0 radical (unpaired) electrons. The van der Waals surface area contributed by atoms with Crippen LogP contribution in [-0.4, -0.2) is 41.0 Å². The van der Waals surface area contributed by atoms with Gasteiger partial charge in [0.2, 0.25) is 5.91 Å². The van der Waals surface area contributed by atoms with E-state index in [0.29, 0.717) is 19.5 Å². The average molecular weight is 290 g/mol. The van der Waals surface area contributed by atoms with Gasteiger partial charge in [0.15, 0.2) is 0 Å². The van der Waals surface area contributed by atoms with Gasteiger partial charge in [0, 0.05) is 12.6 Å². The van der Waals surface area contributed by atoms with Gasteiger partial charge < -0.3 is 10.4 Å². The van der Waals surface area contributed by atoms with Crippen LogP contribution in [-0.2, 0) is 16.1 Å². The van der Waals surface area contributed by atoms with Gasteiger partial charge in [-0.25, -0.2) is 0 Å². The molecular weight excluding hydrogens is 268 g/mol. The number of rotatable bonds is 5. The Labute approximate surface area is 125 Å². The maximum absolute atomic E-state index is 12.0. The molecule has 5 nitrogen and oxygen atoms in total. The number of likely N-dealkylation sites (tertiary alicyclic amines) is 1. The lowest BCUT2D eigenvalue weighted by Crippen LogP contribution is -2.40. The summed E-state index contributed by atoms with van der Waals surface area (Å²) in [5, 5.41) is 12.0. The Morgan fingerprint density at radius 3 is 2.57 bits per heavy atom. The summed E-state index contributed by atoms with van der Waals surface area (Å²) < 4.78 is 0. The van der Waals surface area contributed by atoms with Gasteiger partial charge in [-0.1, -0.05) is 29.8 Å². The number of carboxylic acids is 1. The van der Waals surface area contributed by atoms with E-state index in [-0.39, 0.29) is 24.4 Å². The van der Waals surface area contributed by atoms with E-state index in [1.165, 1.54) is 5.56 Å². The summed E-state index contributed by atoms with van der Waals surface area (Å²) in [6.45, 7) is 5.33. The molecule has 0 spiro atoms. The first-order valence-corrected chi connectivity index (χ1v) is 7.26. The Kier molecular flexibility index (Phi) is 4.96. The van der Waals surface area contributed by atoms with Crippen LogP contribution in [0.15, 0.2) is 24.3 Å². The zero-order valence-corrected chi connectivity index (χ0v) is 12.5. The first-order chi connectivity index (χ1) is 9.97. The van der Waals surface area contributed by atoms with Crippen LogP contribution in [0.2, 0.25) is 0 Å². The number of benzene rings is 1. The lowest BCUT2D eigenvalue weighted by Gasteiger charge is -2.22. The van der Waals surface area contributed by atoms with Crippen molar-refractivity contribution in [3.63, 3.8) is 0 Å². The van der Waals surface area contributed by atoms with E-state index < -0.39 is 5.97 Å². The number of aliphatic carboxylic acids is 1. The van der Waals surface area contributed by atoms with Gasteiger partial charge in [0.1, 0.15) is 0 Å². The van der Waals surface area contributed by atoms with Crippen LogP contribution in [0.25, 0.3) is 0 Å². The highest BCUT2D eigenvalue weighted by Crippen LogP contribution is 2.23. The first-order valence-electron chi connectivity index (χ1n) is 7.26. The molecule has 0 saturated carbocycles. The maximum Gasteiger partial charge on any atom is 0.308 e. The smallest absolute Gasteiger partial charge is 0.308 e. The van der Waals surface area contributed by atoms with Crippen molar-refractivity contribution < 1.29 is 14.7 Å². The molecule has 21 heavy (non-hydrogen) atoms. The minimum absolute atomic E-state index is 0.0616. The molecule has 0 bridgehead atoms. The number of carboxylic acid groups (broad SMARTS) is 1. The minimum Gasteiger partial charge on any atom is -0.481 e. The van der Waals surface area contributed by atoms with Crippen molar-refractivity contribution in [2.75, 3.05) is 13.1 Å². The zero-order valence-electron chi connectivity index (χ0n) is 12.5. The van der Waals surface area contributed by atoms with Gasteiger partial charge in [-0.15, -0.1) is 0 Å². The summed E-state index contributed by atoms with van der Waals surface area (Å²) in [5.74, 6) is -1.20. The minimum atomic E-state index is -0.773. The number of hydrogen-bond donors (Lipinski definition) is 2. The van der Waals surface area contributed by atoms with Crippen molar-refractivity contribution in [2.45, 2.75) is 32.9 Å². The molecule has 2 atom stereocenters. The van der Waals surface area contributed by atoms with Gasteiger partial charge in [-0.05, 0) is 32.4 Å². The van der Waals surface area contributed by atoms with Crippen LogP contribution in [0.4, 0.5) is 0 Å². The third-order valence-electron chi connectivity index (χ3n) is 4.16. The fourth-order valence-electron chi connectivity index (χ4n) is 2.70. The second-order valence-electron chi connectivity index (χ2n) is 5.71. The molecule has 2 N–H and O–H groups in total. The van der Waals surface area contributed by atoms with Crippen LogP contribution >= 0.6 is 0 Å². The third kappa shape index (κ3) is 4.04. The van der Waals surface area contributed by atoms with Crippen LogP contribution in [0.5, 0.6) is 0 Å². The fourth-order valence-corrected chi connectivity index (χ4v) is 2.70. The van der Waals surface area contributed by atoms with E-state index in [4.69, 9.17) is 5.11 Å². The number of aryl methyl sites for hydroxylation is 1. The Balaban J connectivity index is 1.80. The number of amides is 1. The van der Waals surface area contributed by atoms with E-state index in [1.807, 2.05) is 43.0 Å². The van der Waals surface area contributed by atoms with Crippen molar-refractivity contribution in [1.82, 2.24) is 10.2 Å². The highest BCUT2D eigenvalue weighted by Gasteiger charge is 2.36. The molecule has 0 aromatic heterocycles. The van der Waals surface area contributed by atoms with Crippen molar-refractivity contribution in [1.29, 1.82) is 0 Å². The molecule has 1 saturated heterocycles. The highest BCUT2D eigenvalue weighted by molar-refractivity contribution is 5.78. The lowest BCUT2D eigenvalue weighted by atomic mass is 10.0. The van der Waals surface area contributed by atoms with E-state index in [2.05, 4.69) is 5.32 Å². The monoisotopic (exact) mass is 290 g/mol. The number of hydrogen-bond acceptors (Lipinski definition) is 3. The predicted molar refractivity (Wildman–Crippen MR) is 79.8 cm³/mol. The largest absolute Gasteiger partial charge is 0.481 e. The quantitative estimate of drug-likeness (QED) is 0.860. The van der Waals surface area contributed by atoms with Crippen molar-refractivity contribution in [3.8, 4) is 0 Å². The predicted octanol–water partition coefficient (Wildman–Crippen LogP) is 1.41. The SMILES string of the molecule is Cc1ccc(CNC(=O)CN2CCC(C(=O)O)C2C)cc1. The standard InChI is InChI=1S/C16H22N2O3/c1-11-3-5-13(6-4-11)9-17-15(19)10-18-8-7-14(12(18)2)16(20)21/h3-6,12,14H,7-10H2,1-2H3,(H,17,19)(H,20,21). The molecule has 2 rings (SSSR count). The summed E-state index contributed by atoms with van der Waals surface area (Å²) in [4.78, 5) is 24.9. The van der Waals surface area contributed by atoms with E-state index >= 15 is 0 Å². The second kappa shape index (κ2) is 6.72. The van der Waals surface area contributed by atoms with E-state index in [1.54, 1.807) is 0 Å². The molecular formula is C16H22N2O3. The normalized spacial score (nSPS) is 22.2. The molecule has 114 valence electrons. The van der Waals surface area contributed by atoms with E-state index in [0.717, 1.165) is 5.56 Å². The Morgan fingerprint density at radius 2 is 2.00 bits per heavy atom.